The lowest BCUT2D eigenvalue weighted by Crippen LogP contribution is -2.23. The van der Waals surface area contributed by atoms with Gasteiger partial charge in [0.1, 0.15) is 11.6 Å². The third kappa shape index (κ3) is 4.59. The minimum atomic E-state index is -0.0853. The Labute approximate surface area is 205 Å². The van der Waals surface area contributed by atoms with Crippen LogP contribution in [0.4, 0.5) is 5.82 Å². The average molecular weight is 524 g/mol. The van der Waals surface area contributed by atoms with E-state index in [1.165, 1.54) is 0 Å². The van der Waals surface area contributed by atoms with Gasteiger partial charge in [-0.25, -0.2) is 9.39 Å². The van der Waals surface area contributed by atoms with E-state index in [2.05, 4.69) is 48.2 Å². The first-order valence-corrected chi connectivity index (χ1v) is 12.5. The van der Waals surface area contributed by atoms with Gasteiger partial charge in [-0.05, 0) is 34.3 Å². The van der Waals surface area contributed by atoms with E-state index in [1.807, 2.05) is 34.9 Å². The van der Waals surface area contributed by atoms with E-state index in [1.54, 1.807) is 4.40 Å². The SMILES string of the molecule is CCCCCn1c2c(c(=O)n3c(CCCc4nc(Cc5ccccc5)no4)nnc13)CC(Br)=N2. The second kappa shape index (κ2) is 10.0. The molecule has 0 amide bonds. The van der Waals surface area contributed by atoms with E-state index in [0.717, 1.165) is 42.4 Å². The average Bonchev–Trinajstić information content (AvgIpc) is 3.56. The highest BCUT2D eigenvalue weighted by Gasteiger charge is 2.25. The van der Waals surface area contributed by atoms with E-state index in [4.69, 9.17) is 4.52 Å². The van der Waals surface area contributed by atoms with Crippen LogP contribution in [0.2, 0.25) is 0 Å². The molecule has 0 aliphatic carbocycles. The number of aliphatic imine (C=N–C) groups is 1. The fourth-order valence-electron chi connectivity index (χ4n) is 4.29. The molecular formula is C24H26BrN7O2. The van der Waals surface area contributed by atoms with Crippen LogP contribution >= 0.6 is 15.9 Å². The smallest absolute Gasteiger partial charge is 0.266 e. The Kier molecular flexibility index (Phi) is 6.66. The number of rotatable bonds is 10. The van der Waals surface area contributed by atoms with Crippen molar-refractivity contribution in [1.29, 1.82) is 0 Å². The standard InChI is InChI=1S/C24H26BrN7O2/c1-2-3-7-13-31-22-17(15-18(25)26-22)23(33)32-20(28-29-24(31)32)11-8-12-21-27-19(30-34-21)14-16-9-5-4-6-10-16/h4-6,9-10H,2-3,7-8,11-15H2,1H3. The second-order valence-corrected chi connectivity index (χ2v) is 9.42. The number of aromatic nitrogens is 6. The van der Waals surface area contributed by atoms with Crippen LogP contribution in [0.25, 0.3) is 5.78 Å². The maximum atomic E-state index is 13.3. The predicted octanol–water partition coefficient (Wildman–Crippen LogP) is 4.21. The van der Waals surface area contributed by atoms with Crippen LogP contribution in [-0.4, -0.2) is 33.9 Å². The quantitative estimate of drug-likeness (QED) is 0.288. The summed E-state index contributed by atoms with van der Waals surface area (Å²) in [6, 6.07) is 10.1. The maximum absolute atomic E-state index is 13.3. The Morgan fingerprint density at radius 1 is 1.09 bits per heavy atom. The van der Waals surface area contributed by atoms with Crippen molar-refractivity contribution in [2.45, 2.75) is 64.8 Å². The largest absolute Gasteiger partial charge is 0.339 e. The molecule has 3 aromatic heterocycles. The number of benzene rings is 1. The number of hydrogen-bond acceptors (Lipinski definition) is 7. The van der Waals surface area contributed by atoms with Crippen molar-refractivity contribution in [1.82, 2.24) is 29.3 Å². The summed E-state index contributed by atoms with van der Waals surface area (Å²) < 4.78 is 9.88. The van der Waals surface area contributed by atoms with Crippen LogP contribution in [-0.2, 0) is 32.2 Å². The van der Waals surface area contributed by atoms with Crippen molar-refractivity contribution in [2.75, 3.05) is 0 Å². The van der Waals surface area contributed by atoms with Gasteiger partial charge in [-0.1, -0.05) is 55.3 Å². The number of hydrogen-bond donors (Lipinski definition) is 0. The number of fused-ring (bicyclic) bond motifs is 2. The lowest BCUT2D eigenvalue weighted by atomic mass is 10.1. The topological polar surface area (TPSA) is 103 Å². The Morgan fingerprint density at radius 2 is 1.94 bits per heavy atom. The highest BCUT2D eigenvalue weighted by atomic mass is 79.9. The third-order valence-electron chi connectivity index (χ3n) is 5.98. The molecule has 0 spiro atoms. The van der Waals surface area contributed by atoms with Gasteiger partial charge in [0.2, 0.25) is 11.7 Å². The molecule has 0 atom stereocenters. The lowest BCUT2D eigenvalue weighted by molar-refractivity contribution is 0.370. The summed E-state index contributed by atoms with van der Waals surface area (Å²) in [5, 5.41) is 12.8. The summed E-state index contributed by atoms with van der Waals surface area (Å²) in [4.78, 5) is 22.4. The van der Waals surface area contributed by atoms with Crippen molar-refractivity contribution >= 4 is 32.1 Å². The summed E-state index contributed by atoms with van der Waals surface area (Å²) in [5.74, 6) is 3.18. The molecule has 0 fully saturated rings. The van der Waals surface area contributed by atoms with Gasteiger partial charge >= 0.3 is 0 Å². The molecule has 34 heavy (non-hydrogen) atoms. The summed E-state index contributed by atoms with van der Waals surface area (Å²) in [7, 11) is 0. The second-order valence-electron chi connectivity index (χ2n) is 8.50. The van der Waals surface area contributed by atoms with Gasteiger partial charge in [-0.2, -0.15) is 4.98 Å². The van der Waals surface area contributed by atoms with Gasteiger partial charge in [0.25, 0.3) is 5.56 Å². The van der Waals surface area contributed by atoms with Gasteiger partial charge in [0, 0.05) is 32.2 Å². The lowest BCUT2D eigenvalue weighted by Gasteiger charge is -2.12. The zero-order chi connectivity index (χ0) is 23.5. The van der Waals surface area contributed by atoms with E-state index in [-0.39, 0.29) is 5.56 Å². The molecule has 9 nitrogen and oxygen atoms in total. The van der Waals surface area contributed by atoms with E-state index >= 15 is 0 Å². The van der Waals surface area contributed by atoms with E-state index in [9.17, 15) is 4.79 Å². The molecule has 10 heteroatoms. The summed E-state index contributed by atoms with van der Waals surface area (Å²) >= 11 is 3.47. The van der Waals surface area contributed by atoms with Gasteiger partial charge in [-0.15, -0.1) is 10.2 Å². The zero-order valence-corrected chi connectivity index (χ0v) is 20.7. The molecule has 5 rings (SSSR count). The van der Waals surface area contributed by atoms with Crippen LogP contribution in [0, 0.1) is 0 Å². The number of nitrogens with zero attached hydrogens (tertiary/aromatic N) is 7. The number of unbranched alkanes of at least 4 members (excludes halogenated alkanes) is 2. The van der Waals surface area contributed by atoms with E-state index in [0.29, 0.717) is 60.4 Å². The summed E-state index contributed by atoms with van der Waals surface area (Å²) in [6.07, 6.45) is 6.28. The number of aryl methyl sites for hydroxylation is 3. The Morgan fingerprint density at radius 3 is 2.76 bits per heavy atom. The normalized spacial score (nSPS) is 12.9. The van der Waals surface area contributed by atoms with Crippen molar-refractivity contribution < 1.29 is 4.52 Å². The fraction of sp³-hybridized carbons (Fsp3) is 0.417. The highest BCUT2D eigenvalue weighted by Crippen LogP contribution is 2.28. The third-order valence-corrected chi connectivity index (χ3v) is 6.44. The van der Waals surface area contributed by atoms with Crippen molar-refractivity contribution in [2.24, 2.45) is 4.99 Å². The van der Waals surface area contributed by atoms with Crippen LogP contribution in [0.15, 0.2) is 44.6 Å². The summed E-state index contributed by atoms with van der Waals surface area (Å²) in [5.41, 5.74) is 1.75. The molecule has 0 saturated heterocycles. The maximum Gasteiger partial charge on any atom is 0.266 e. The Bertz CT molecular complexity index is 1390. The molecular weight excluding hydrogens is 498 g/mol. The molecule has 0 saturated carbocycles. The molecule has 0 unspecified atom stereocenters. The van der Waals surface area contributed by atoms with Gasteiger partial charge < -0.3 is 4.52 Å². The number of halogens is 1. The first-order chi connectivity index (χ1) is 16.6. The van der Waals surface area contributed by atoms with Gasteiger partial charge in [0.05, 0.1) is 10.2 Å². The zero-order valence-electron chi connectivity index (χ0n) is 19.1. The van der Waals surface area contributed by atoms with Gasteiger partial charge in [-0.3, -0.25) is 9.36 Å². The monoisotopic (exact) mass is 523 g/mol. The molecule has 1 aliphatic heterocycles. The molecule has 4 heterocycles. The molecule has 4 aromatic rings. The van der Waals surface area contributed by atoms with Crippen LogP contribution in [0.5, 0.6) is 0 Å². The van der Waals surface area contributed by atoms with Crippen LogP contribution in [0.3, 0.4) is 0 Å². The first kappa shape index (κ1) is 22.6. The highest BCUT2D eigenvalue weighted by molar-refractivity contribution is 9.18. The van der Waals surface area contributed by atoms with Crippen LogP contribution < -0.4 is 5.56 Å². The molecule has 0 radical (unpaired) electrons. The van der Waals surface area contributed by atoms with Crippen LogP contribution in [0.1, 0.15) is 61.3 Å². The van der Waals surface area contributed by atoms with Crippen molar-refractivity contribution in [3.8, 4) is 0 Å². The van der Waals surface area contributed by atoms with Crippen molar-refractivity contribution in [3.63, 3.8) is 0 Å². The predicted molar refractivity (Wildman–Crippen MR) is 132 cm³/mol. The molecule has 1 aliphatic rings. The Hall–Kier alpha value is -3.14. The minimum absolute atomic E-state index is 0.0853. The fourth-order valence-corrected chi connectivity index (χ4v) is 4.74. The molecule has 0 N–H and O–H groups in total. The van der Waals surface area contributed by atoms with Crippen molar-refractivity contribution in [3.05, 3.63) is 69.4 Å². The Balaban J connectivity index is 1.32. The molecule has 176 valence electrons. The van der Waals surface area contributed by atoms with E-state index < -0.39 is 0 Å². The van der Waals surface area contributed by atoms with Gasteiger partial charge in [0.15, 0.2) is 5.82 Å². The minimum Gasteiger partial charge on any atom is -0.339 e. The first-order valence-electron chi connectivity index (χ1n) is 11.7. The molecule has 1 aromatic carbocycles. The summed E-state index contributed by atoms with van der Waals surface area (Å²) in [6.45, 7) is 2.93. The molecule has 0 bridgehead atoms.